The van der Waals surface area contributed by atoms with E-state index in [4.69, 9.17) is 5.10 Å². The van der Waals surface area contributed by atoms with E-state index in [1.54, 1.807) is 12.1 Å². The normalized spacial score (nSPS) is 14.1. The standard InChI is InChI=1S/C28H21N5O2/c34-33(35)22-15-9-12-20(18-22)26-25-27(19-10-3-1-4-11-19)31-32(21-13-5-2-6-14-21)28(25)30-24-17-8-7-16-23(24)29-26/h1-18,26,29-30H/t26-/m0/s1. The molecule has 0 amide bonds. The fourth-order valence-corrected chi connectivity index (χ4v) is 4.53. The van der Waals surface area contributed by atoms with Crippen LogP contribution in [0.2, 0.25) is 0 Å². The van der Waals surface area contributed by atoms with Crippen LogP contribution in [-0.2, 0) is 0 Å². The molecule has 1 aliphatic heterocycles. The highest BCUT2D eigenvalue weighted by molar-refractivity contribution is 5.84. The molecule has 2 N–H and O–H groups in total. The van der Waals surface area contributed by atoms with Gasteiger partial charge in [0.2, 0.25) is 0 Å². The van der Waals surface area contributed by atoms with Crippen LogP contribution in [0.25, 0.3) is 16.9 Å². The Kier molecular flexibility index (Phi) is 5.00. The quantitative estimate of drug-likeness (QED) is 0.231. The third kappa shape index (κ3) is 3.69. The van der Waals surface area contributed by atoms with E-state index in [0.717, 1.165) is 45.3 Å². The lowest BCUT2D eigenvalue weighted by atomic mass is 9.95. The zero-order chi connectivity index (χ0) is 23.8. The average molecular weight is 460 g/mol. The number of fused-ring (bicyclic) bond motifs is 2. The van der Waals surface area contributed by atoms with Crippen molar-refractivity contribution in [1.29, 1.82) is 0 Å². The fraction of sp³-hybridized carbons (Fsp3) is 0.0357. The van der Waals surface area contributed by atoms with E-state index in [0.29, 0.717) is 0 Å². The van der Waals surface area contributed by atoms with Crippen molar-refractivity contribution in [1.82, 2.24) is 9.78 Å². The lowest BCUT2D eigenvalue weighted by molar-refractivity contribution is -0.384. The molecule has 6 rings (SSSR count). The minimum absolute atomic E-state index is 0.0491. The maximum Gasteiger partial charge on any atom is 0.269 e. The van der Waals surface area contributed by atoms with Crippen molar-refractivity contribution >= 4 is 22.9 Å². The molecule has 0 aliphatic carbocycles. The molecule has 0 radical (unpaired) electrons. The molecule has 1 atom stereocenters. The van der Waals surface area contributed by atoms with E-state index >= 15 is 0 Å². The third-order valence-corrected chi connectivity index (χ3v) is 6.15. The molecule has 0 fully saturated rings. The highest BCUT2D eigenvalue weighted by Crippen LogP contribution is 2.45. The van der Waals surface area contributed by atoms with Crippen LogP contribution in [0, 0.1) is 10.1 Å². The van der Waals surface area contributed by atoms with Gasteiger partial charge in [-0.1, -0.05) is 72.8 Å². The molecule has 170 valence electrons. The minimum Gasteiger partial charge on any atom is -0.372 e. The highest BCUT2D eigenvalue weighted by Gasteiger charge is 2.32. The van der Waals surface area contributed by atoms with Crippen molar-refractivity contribution in [3.8, 4) is 16.9 Å². The number of para-hydroxylation sites is 3. The Morgan fingerprint density at radius 2 is 1.49 bits per heavy atom. The summed E-state index contributed by atoms with van der Waals surface area (Å²) in [5.74, 6) is 0.809. The summed E-state index contributed by atoms with van der Waals surface area (Å²) in [7, 11) is 0. The molecule has 7 nitrogen and oxygen atoms in total. The lowest BCUT2D eigenvalue weighted by Crippen LogP contribution is -2.12. The Morgan fingerprint density at radius 3 is 2.23 bits per heavy atom. The molecule has 0 bridgehead atoms. The predicted molar refractivity (Wildman–Crippen MR) is 137 cm³/mol. The first kappa shape index (κ1) is 20.7. The molecule has 35 heavy (non-hydrogen) atoms. The third-order valence-electron chi connectivity index (χ3n) is 6.15. The van der Waals surface area contributed by atoms with E-state index in [9.17, 15) is 10.1 Å². The topological polar surface area (TPSA) is 85.0 Å². The number of nitro benzene ring substituents is 1. The highest BCUT2D eigenvalue weighted by atomic mass is 16.6. The van der Waals surface area contributed by atoms with Crippen molar-refractivity contribution in [3.05, 3.63) is 130 Å². The first-order chi connectivity index (χ1) is 17.2. The Balaban J connectivity index is 1.66. The maximum atomic E-state index is 11.6. The Hall–Kier alpha value is -4.91. The van der Waals surface area contributed by atoms with Crippen LogP contribution in [0.5, 0.6) is 0 Å². The zero-order valence-corrected chi connectivity index (χ0v) is 18.6. The van der Waals surface area contributed by atoms with Gasteiger partial charge in [-0.2, -0.15) is 5.10 Å². The number of anilines is 3. The van der Waals surface area contributed by atoms with Gasteiger partial charge in [0.25, 0.3) is 5.69 Å². The van der Waals surface area contributed by atoms with Gasteiger partial charge in [0.05, 0.1) is 28.0 Å². The van der Waals surface area contributed by atoms with Crippen LogP contribution in [0.4, 0.5) is 22.9 Å². The van der Waals surface area contributed by atoms with Crippen molar-refractivity contribution < 1.29 is 4.92 Å². The predicted octanol–water partition coefficient (Wildman–Crippen LogP) is 6.71. The van der Waals surface area contributed by atoms with Gasteiger partial charge in [-0.05, 0) is 29.8 Å². The van der Waals surface area contributed by atoms with Gasteiger partial charge in [0.15, 0.2) is 0 Å². The van der Waals surface area contributed by atoms with Crippen LogP contribution in [-0.4, -0.2) is 14.7 Å². The van der Waals surface area contributed by atoms with Crippen LogP contribution in [0.3, 0.4) is 0 Å². The summed E-state index contributed by atoms with van der Waals surface area (Å²) < 4.78 is 1.91. The lowest BCUT2D eigenvalue weighted by Gasteiger charge is -2.20. The van der Waals surface area contributed by atoms with Gasteiger partial charge in [0, 0.05) is 23.3 Å². The molecule has 1 aromatic heterocycles. The van der Waals surface area contributed by atoms with Crippen molar-refractivity contribution in [2.75, 3.05) is 10.6 Å². The molecule has 2 heterocycles. The number of aromatic nitrogens is 2. The van der Waals surface area contributed by atoms with E-state index in [1.165, 1.54) is 6.07 Å². The second kappa shape index (κ2) is 8.46. The molecule has 4 aromatic carbocycles. The largest absolute Gasteiger partial charge is 0.372 e. The number of nitrogens with one attached hydrogen (secondary N) is 2. The summed E-state index contributed by atoms with van der Waals surface area (Å²) in [5, 5.41) is 23.9. The first-order valence-electron chi connectivity index (χ1n) is 11.3. The molecular weight excluding hydrogens is 438 g/mol. The number of non-ortho nitro benzene ring substituents is 1. The molecule has 0 saturated heterocycles. The van der Waals surface area contributed by atoms with Crippen molar-refractivity contribution in [2.24, 2.45) is 0 Å². The molecule has 7 heteroatoms. The summed E-state index contributed by atoms with van der Waals surface area (Å²) in [4.78, 5) is 11.2. The van der Waals surface area contributed by atoms with Gasteiger partial charge in [-0.3, -0.25) is 10.1 Å². The summed E-state index contributed by atoms with van der Waals surface area (Å²) in [6.07, 6.45) is 0. The second-order valence-corrected chi connectivity index (χ2v) is 8.32. The van der Waals surface area contributed by atoms with E-state index in [1.807, 2.05) is 95.7 Å². The summed E-state index contributed by atoms with van der Waals surface area (Å²) in [6, 6.07) is 34.3. The van der Waals surface area contributed by atoms with Crippen LogP contribution in [0.15, 0.2) is 109 Å². The van der Waals surface area contributed by atoms with E-state index < -0.39 is 0 Å². The first-order valence-corrected chi connectivity index (χ1v) is 11.3. The maximum absolute atomic E-state index is 11.6. The Morgan fingerprint density at radius 1 is 0.800 bits per heavy atom. The van der Waals surface area contributed by atoms with E-state index in [2.05, 4.69) is 10.6 Å². The van der Waals surface area contributed by atoms with Crippen LogP contribution in [0.1, 0.15) is 17.2 Å². The smallest absolute Gasteiger partial charge is 0.269 e. The number of rotatable bonds is 4. The number of benzene rings is 4. The monoisotopic (exact) mass is 459 g/mol. The van der Waals surface area contributed by atoms with Gasteiger partial charge in [-0.25, -0.2) is 4.68 Å². The Labute approximate surface area is 201 Å². The van der Waals surface area contributed by atoms with Crippen LogP contribution < -0.4 is 10.6 Å². The number of nitrogens with zero attached hydrogens (tertiary/aromatic N) is 3. The van der Waals surface area contributed by atoms with Crippen LogP contribution >= 0.6 is 0 Å². The van der Waals surface area contributed by atoms with Gasteiger partial charge in [0.1, 0.15) is 11.5 Å². The average Bonchev–Trinajstić information content (AvgIpc) is 3.18. The molecule has 5 aromatic rings. The summed E-state index contributed by atoms with van der Waals surface area (Å²) in [6.45, 7) is 0. The SMILES string of the molecule is O=[N+]([O-])c1cccc([C@@H]2Nc3ccccc3Nc3c2c(-c2ccccc2)nn3-c2ccccc2)c1. The molecule has 0 saturated carbocycles. The molecule has 0 unspecified atom stereocenters. The number of hydrogen-bond donors (Lipinski definition) is 2. The molecular formula is C28H21N5O2. The van der Waals surface area contributed by atoms with Gasteiger partial charge >= 0.3 is 0 Å². The molecule has 1 aliphatic rings. The van der Waals surface area contributed by atoms with Crippen molar-refractivity contribution in [3.63, 3.8) is 0 Å². The van der Waals surface area contributed by atoms with E-state index in [-0.39, 0.29) is 16.7 Å². The zero-order valence-electron chi connectivity index (χ0n) is 18.6. The second-order valence-electron chi connectivity index (χ2n) is 8.32. The summed E-state index contributed by atoms with van der Waals surface area (Å²) in [5.41, 5.74) is 6.22. The number of hydrogen-bond acceptors (Lipinski definition) is 5. The fourth-order valence-electron chi connectivity index (χ4n) is 4.53. The van der Waals surface area contributed by atoms with Gasteiger partial charge < -0.3 is 10.6 Å². The molecule has 0 spiro atoms. The number of nitro groups is 1. The minimum atomic E-state index is -0.381. The Bertz CT molecular complexity index is 1530. The summed E-state index contributed by atoms with van der Waals surface area (Å²) >= 11 is 0. The van der Waals surface area contributed by atoms with Crippen molar-refractivity contribution in [2.45, 2.75) is 6.04 Å². The van der Waals surface area contributed by atoms with Gasteiger partial charge in [-0.15, -0.1) is 0 Å².